The van der Waals surface area contributed by atoms with Crippen LogP contribution >= 0.6 is 0 Å². The average Bonchev–Trinajstić information content (AvgIpc) is 2.35. The SMILES string of the molecule is CCNC(=O)CNCCc1ccccc1OC. The van der Waals surface area contributed by atoms with E-state index >= 15 is 0 Å². The van der Waals surface area contributed by atoms with Crippen LogP contribution in [0.3, 0.4) is 0 Å². The number of amides is 1. The molecule has 17 heavy (non-hydrogen) atoms. The third-order valence-corrected chi connectivity index (χ3v) is 2.42. The fraction of sp³-hybridized carbons (Fsp3) is 0.462. The molecule has 1 rings (SSSR count). The molecular formula is C13H20N2O2. The summed E-state index contributed by atoms with van der Waals surface area (Å²) >= 11 is 0. The standard InChI is InChI=1S/C13H20N2O2/c1-3-15-13(16)10-14-9-8-11-6-4-5-7-12(11)17-2/h4-7,14H,3,8-10H2,1-2H3,(H,15,16). The Morgan fingerprint density at radius 3 is 2.82 bits per heavy atom. The third kappa shape index (κ3) is 4.87. The molecule has 0 unspecified atom stereocenters. The van der Waals surface area contributed by atoms with Crippen LogP contribution in [0.2, 0.25) is 0 Å². The van der Waals surface area contributed by atoms with E-state index in [9.17, 15) is 4.79 Å². The van der Waals surface area contributed by atoms with Gasteiger partial charge in [0.1, 0.15) is 5.75 Å². The molecule has 0 heterocycles. The van der Waals surface area contributed by atoms with Gasteiger partial charge in [-0.2, -0.15) is 0 Å². The molecule has 0 aliphatic heterocycles. The number of rotatable bonds is 7. The molecule has 0 aliphatic rings. The first-order valence-electron chi connectivity index (χ1n) is 5.87. The normalized spacial score (nSPS) is 10.0. The lowest BCUT2D eigenvalue weighted by atomic mass is 10.1. The minimum atomic E-state index is 0.0347. The molecule has 0 radical (unpaired) electrons. The minimum absolute atomic E-state index is 0.0347. The summed E-state index contributed by atoms with van der Waals surface area (Å²) in [7, 11) is 1.67. The largest absolute Gasteiger partial charge is 0.496 e. The number of hydrogen-bond donors (Lipinski definition) is 2. The highest BCUT2D eigenvalue weighted by molar-refractivity contribution is 5.77. The molecular weight excluding hydrogens is 216 g/mol. The van der Waals surface area contributed by atoms with Crippen molar-refractivity contribution in [2.24, 2.45) is 0 Å². The fourth-order valence-corrected chi connectivity index (χ4v) is 1.59. The number of para-hydroxylation sites is 1. The highest BCUT2D eigenvalue weighted by Crippen LogP contribution is 2.16. The molecule has 0 fully saturated rings. The second-order valence-corrected chi connectivity index (χ2v) is 3.69. The summed E-state index contributed by atoms with van der Waals surface area (Å²) in [5.74, 6) is 0.930. The first-order chi connectivity index (χ1) is 8.27. The topological polar surface area (TPSA) is 50.4 Å². The van der Waals surface area contributed by atoms with Crippen LogP contribution in [0, 0.1) is 0 Å². The Kier molecular flexibility index (Phi) is 6.10. The van der Waals surface area contributed by atoms with Crippen LogP contribution in [0.1, 0.15) is 12.5 Å². The second-order valence-electron chi connectivity index (χ2n) is 3.69. The van der Waals surface area contributed by atoms with E-state index in [0.29, 0.717) is 13.1 Å². The van der Waals surface area contributed by atoms with Crippen LogP contribution in [0.25, 0.3) is 0 Å². The van der Waals surface area contributed by atoms with Gasteiger partial charge in [-0.15, -0.1) is 0 Å². The maximum Gasteiger partial charge on any atom is 0.233 e. The lowest BCUT2D eigenvalue weighted by Gasteiger charge is -2.08. The van der Waals surface area contributed by atoms with Crippen molar-refractivity contribution >= 4 is 5.91 Å². The van der Waals surface area contributed by atoms with Gasteiger partial charge in [-0.1, -0.05) is 18.2 Å². The summed E-state index contributed by atoms with van der Waals surface area (Å²) in [4.78, 5) is 11.2. The van der Waals surface area contributed by atoms with Crippen molar-refractivity contribution in [2.45, 2.75) is 13.3 Å². The van der Waals surface area contributed by atoms with E-state index in [0.717, 1.165) is 24.3 Å². The number of methoxy groups -OCH3 is 1. The van der Waals surface area contributed by atoms with E-state index in [1.165, 1.54) is 0 Å². The summed E-state index contributed by atoms with van der Waals surface area (Å²) < 4.78 is 5.25. The van der Waals surface area contributed by atoms with Gasteiger partial charge in [-0.05, 0) is 31.5 Å². The van der Waals surface area contributed by atoms with Gasteiger partial charge in [0, 0.05) is 6.54 Å². The summed E-state index contributed by atoms with van der Waals surface area (Å²) in [5.41, 5.74) is 1.15. The molecule has 4 nitrogen and oxygen atoms in total. The predicted molar refractivity (Wildman–Crippen MR) is 68.3 cm³/mol. The van der Waals surface area contributed by atoms with Crippen LogP contribution in [-0.4, -0.2) is 32.7 Å². The maximum absolute atomic E-state index is 11.2. The van der Waals surface area contributed by atoms with Crippen molar-refractivity contribution in [3.05, 3.63) is 29.8 Å². The van der Waals surface area contributed by atoms with Crippen LogP contribution in [0.5, 0.6) is 5.75 Å². The van der Waals surface area contributed by atoms with Gasteiger partial charge in [0.25, 0.3) is 0 Å². The van der Waals surface area contributed by atoms with E-state index in [-0.39, 0.29) is 5.91 Å². The van der Waals surface area contributed by atoms with Gasteiger partial charge in [-0.25, -0.2) is 0 Å². The zero-order chi connectivity index (χ0) is 12.5. The average molecular weight is 236 g/mol. The fourth-order valence-electron chi connectivity index (χ4n) is 1.59. The Morgan fingerprint density at radius 2 is 2.12 bits per heavy atom. The zero-order valence-corrected chi connectivity index (χ0v) is 10.5. The molecule has 0 atom stereocenters. The summed E-state index contributed by atoms with van der Waals surface area (Å²) in [6.07, 6.45) is 0.851. The third-order valence-electron chi connectivity index (χ3n) is 2.42. The smallest absolute Gasteiger partial charge is 0.233 e. The minimum Gasteiger partial charge on any atom is -0.496 e. The maximum atomic E-state index is 11.2. The Bertz CT molecular complexity index is 353. The first kappa shape index (κ1) is 13.5. The van der Waals surface area contributed by atoms with Gasteiger partial charge in [0.2, 0.25) is 5.91 Å². The molecule has 1 amide bonds. The molecule has 0 saturated carbocycles. The van der Waals surface area contributed by atoms with E-state index in [1.807, 2.05) is 31.2 Å². The Hall–Kier alpha value is -1.55. The van der Waals surface area contributed by atoms with Gasteiger partial charge >= 0.3 is 0 Å². The number of nitrogens with one attached hydrogen (secondary N) is 2. The highest BCUT2D eigenvalue weighted by atomic mass is 16.5. The van der Waals surface area contributed by atoms with E-state index in [2.05, 4.69) is 10.6 Å². The number of benzene rings is 1. The van der Waals surface area contributed by atoms with Gasteiger partial charge in [0.15, 0.2) is 0 Å². The molecule has 1 aromatic rings. The molecule has 1 aromatic carbocycles. The molecule has 94 valence electrons. The van der Waals surface area contributed by atoms with Crippen LogP contribution in [0.4, 0.5) is 0 Å². The molecule has 0 aromatic heterocycles. The van der Waals surface area contributed by atoms with Crippen molar-refractivity contribution in [1.29, 1.82) is 0 Å². The quantitative estimate of drug-likeness (QED) is 0.693. The molecule has 0 aliphatic carbocycles. The summed E-state index contributed by atoms with van der Waals surface area (Å²) in [6.45, 7) is 3.71. The van der Waals surface area contributed by atoms with Crippen molar-refractivity contribution < 1.29 is 9.53 Å². The Labute approximate surface area is 102 Å². The van der Waals surface area contributed by atoms with Gasteiger partial charge in [0.05, 0.1) is 13.7 Å². The van der Waals surface area contributed by atoms with E-state index in [1.54, 1.807) is 7.11 Å². The number of likely N-dealkylation sites (N-methyl/N-ethyl adjacent to an activating group) is 1. The first-order valence-corrected chi connectivity index (χ1v) is 5.87. The molecule has 2 N–H and O–H groups in total. The molecule has 4 heteroatoms. The highest BCUT2D eigenvalue weighted by Gasteiger charge is 2.02. The molecule has 0 bridgehead atoms. The second kappa shape index (κ2) is 7.68. The number of carbonyl (C=O) groups excluding carboxylic acids is 1. The predicted octanol–water partition coefficient (Wildman–Crippen LogP) is 0.963. The number of carbonyl (C=O) groups is 1. The number of ether oxygens (including phenoxy) is 1. The van der Waals surface area contributed by atoms with Gasteiger partial charge < -0.3 is 15.4 Å². The van der Waals surface area contributed by atoms with Crippen LogP contribution in [-0.2, 0) is 11.2 Å². The monoisotopic (exact) mass is 236 g/mol. The zero-order valence-electron chi connectivity index (χ0n) is 10.5. The van der Waals surface area contributed by atoms with Crippen molar-refractivity contribution in [2.75, 3.05) is 26.7 Å². The van der Waals surface area contributed by atoms with E-state index < -0.39 is 0 Å². The molecule has 0 saturated heterocycles. The lowest BCUT2D eigenvalue weighted by Crippen LogP contribution is -2.34. The van der Waals surface area contributed by atoms with E-state index in [4.69, 9.17) is 4.74 Å². The Balaban J connectivity index is 2.28. The summed E-state index contributed by atoms with van der Waals surface area (Å²) in [6, 6.07) is 7.91. The van der Waals surface area contributed by atoms with Crippen LogP contribution < -0.4 is 15.4 Å². The van der Waals surface area contributed by atoms with Crippen molar-refractivity contribution in [3.8, 4) is 5.75 Å². The molecule has 0 spiro atoms. The van der Waals surface area contributed by atoms with Gasteiger partial charge in [-0.3, -0.25) is 4.79 Å². The van der Waals surface area contributed by atoms with Crippen LogP contribution in [0.15, 0.2) is 24.3 Å². The number of hydrogen-bond acceptors (Lipinski definition) is 3. The van der Waals surface area contributed by atoms with Crippen molar-refractivity contribution in [3.63, 3.8) is 0 Å². The summed E-state index contributed by atoms with van der Waals surface area (Å²) in [5, 5.41) is 5.84. The lowest BCUT2D eigenvalue weighted by molar-refractivity contribution is -0.120. The van der Waals surface area contributed by atoms with Crippen molar-refractivity contribution in [1.82, 2.24) is 10.6 Å². The Morgan fingerprint density at radius 1 is 1.35 bits per heavy atom.